The second-order valence-electron chi connectivity index (χ2n) is 3.82. The number of rotatable bonds is 4. The standard InChI is InChI=1S/C12H16N2O2/c1-2-16-11(15)8-14-10-6-5-9-4-3-7-13-12(9)10/h3-4,7,10,14H,2,5-6,8H2,1H3. The van der Waals surface area contributed by atoms with E-state index in [2.05, 4.69) is 16.4 Å². The monoisotopic (exact) mass is 220 g/mol. The number of ether oxygens (including phenoxy) is 1. The summed E-state index contributed by atoms with van der Waals surface area (Å²) in [5.74, 6) is -0.202. The van der Waals surface area contributed by atoms with Crippen molar-refractivity contribution >= 4 is 5.97 Å². The topological polar surface area (TPSA) is 51.2 Å². The van der Waals surface area contributed by atoms with Crippen LogP contribution in [0.25, 0.3) is 0 Å². The van der Waals surface area contributed by atoms with Gasteiger partial charge < -0.3 is 4.74 Å². The molecule has 1 aromatic rings. The lowest BCUT2D eigenvalue weighted by atomic mass is 10.2. The van der Waals surface area contributed by atoms with Crippen molar-refractivity contribution in [1.29, 1.82) is 0 Å². The van der Waals surface area contributed by atoms with Gasteiger partial charge in [-0.1, -0.05) is 6.07 Å². The highest BCUT2D eigenvalue weighted by atomic mass is 16.5. The van der Waals surface area contributed by atoms with Crippen LogP contribution in [0.4, 0.5) is 0 Å². The third kappa shape index (κ3) is 2.39. The molecule has 1 N–H and O–H groups in total. The van der Waals surface area contributed by atoms with Gasteiger partial charge in [0.05, 0.1) is 24.9 Å². The molecule has 1 unspecified atom stereocenters. The van der Waals surface area contributed by atoms with E-state index in [0.717, 1.165) is 18.5 Å². The average Bonchev–Trinajstić information content (AvgIpc) is 2.70. The molecule has 0 saturated heterocycles. The summed E-state index contributed by atoms with van der Waals surface area (Å²) < 4.78 is 4.87. The Labute approximate surface area is 95.0 Å². The average molecular weight is 220 g/mol. The third-order valence-corrected chi connectivity index (χ3v) is 2.76. The fraction of sp³-hybridized carbons (Fsp3) is 0.500. The van der Waals surface area contributed by atoms with Crippen LogP contribution in [0.2, 0.25) is 0 Å². The van der Waals surface area contributed by atoms with Crippen molar-refractivity contribution in [1.82, 2.24) is 10.3 Å². The summed E-state index contributed by atoms with van der Waals surface area (Å²) in [6.45, 7) is 2.50. The number of hydrogen-bond donors (Lipinski definition) is 1. The first kappa shape index (κ1) is 11.1. The summed E-state index contributed by atoms with van der Waals surface area (Å²) in [5, 5.41) is 3.19. The highest BCUT2D eigenvalue weighted by Crippen LogP contribution is 2.28. The minimum Gasteiger partial charge on any atom is -0.465 e. The SMILES string of the molecule is CCOC(=O)CNC1CCc2cccnc21. The number of carbonyl (C=O) groups is 1. The summed E-state index contributed by atoms with van der Waals surface area (Å²) in [4.78, 5) is 15.6. The minimum absolute atomic E-state index is 0.195. The summed E-state index contributed by atoms with van der Waals surface area (Å²) in [7, 11) is 0. The zero-order valence-electron chi connectivity index (χ0n) is 9.40. The summed E-state index contributed by atoms with van der Waals surface area (Å²) in [6.07, 6.45) is 3.83. The number of aromatic nitrogens is 1. The highest BCUT2D eigenvalue weighted by Gasteiger charge is 2.23. The van der Waals surface area contributed by atoms with Gasteiger partial charge >= 0.3 is 5.97 Å². The first-order valence-electron chi connectivity index (χ1n) is 5.64. The van der Waals surface area contributed by atoms with E-state index in [1.165, 1.54) is 5.56 Å². The Hall–Kier alpha value is -1.42. The molecule has 0 radical (unpaired) electrons. The molecule has 0 saturated carbocycles. The first-order valence-corrected chi connectivity index (χ1v) is 5.64. The number of hydrogen-bond acceptors (Lipinski definition) is 4. The van der Waals surface area contributed by atoms with Gasteiger partial charge in [0.1, 0.15) is 0 Å². The maximum Gasteiger partial charge on any atom is 0.319 e. The van der Waals surface area contributed by atoms with Crippen molar-refractivity contribution in [3.05, 3.63) is 29.6 Å². The molecule has 4 heteroatoms. The van der Waals surface area contributed by atoms with E-state index in [-0.39, 0.29) is 18.6 Å². The molecule has 1 atom stereocenters. The molecular weight excluding hydrogens is 204 g/mol. The largest absolute Gasteiger partial charge is 0.465 e. The van der Waals surface area contributed by atoms with Gasteiger partial charge in [0.2, 0.25) is 0 Å². The van der Waals surface area contributed by atoms with Gasteiger partial charge in [-0.05, 0) is 31.4 Å². The Balaban J connectivity index is 1.91. The van der Waals surface area contributed by atoms with Crippen molar-refractivity contribution < 1.29 is 9.53 Å². The smallest absolute Gasteiger partial charge is 0.319 e. The van der Waals surface area contributed by atoms with Crippen molar-refractivity contribution in [2.45, 2.75) is 25.8 Å². The van der Waals surface area contributed by atoms with Crippen LogP contribution in [0.5, 0.6) is 0 Å². The number of nitrogens with one attached hydrogen (secondary N) is 1. The molecule has 1 aliphatic carbocycles. The lowest BCUT2D eigenvalue weighted by Crippen LogP contribution is -2.28. The Bertz CT molecular complexity index is 379. The molecular formula is C12H16N2O2. The van der Waals surface area contributed by atoms with E-state index in [4.69, 9.17) is 4.74 Å². The number of carbonyl (C=O) groups excluding carboxylic acids is 1. The van der Waals surface area contributed by atoms with Crippen molar-refractivity contribution in [2.24, 2.45) is 0 Å². The van der Waals surface area contributed by atoms with Crippen LogP contribution < -0.4 is 5.32 Å². The molecule has 1 heterocycles. The number of nitrogens with zero attached hydrogens (tertiary/aromatic N) is 1. The van der Waals surface area contributed by atoms with Gasteiger partial charge in [-0.25, -0.2) is 0 Å². The number of fused-ring (bicyclic) bond motifs is 1. The predicted octanol–water partition coefficient (Wildman–Crippen LogP) is 1.22. The Morgan fingerprint density at radius 3 is 3.38 bits per heavy atom. The predicted molar refractivity (Wildman–Crippen MR) is 59.9 cm³/mol. The van der Waals surface area contributed by atoms with Crippen molar-refractivity contribution in [3.8, 4) is 0 Å². The quantitative estimate of drug-likeness (QED) is 0.775. The second kappa shape index (κ2) is 5.07. The molecule has 2 rings (SSSR count). The van der Waals surface area contributed by atoms with E-state index in [1.54, 1.807) is 6.20 Å². The molecule has 86 valence electrons. The van der Waals surface area contributed by atoms with Gasteiger partial charge in [-0.3, -0.25) is 15.1 Å². The zero-order valence-corrected chi connectivity index (χ0v) is 9.40. The van der Waals surface area contributed by atoms with E-state index in [1.807, 2.05) is 13.0 Å². The number of esters is 1. The molecule has 0 aliphatic heterocycles. The molecule has 1 aromatic heterocycles. The van der Waals surface area contributed by atoms with Crippen LogP contribution >= 0.6 is 0 Å². The van der Waals surface area contributed by atoms with Gasteiger partial charge in [0.25, 0.3) is 0 Å². The van der Waals surface area contributed by atoms with E-state index < -0.39 is 0 Å². The molecule has 0 aromatic carbocycles. The summed E-state index contributed by atoms with van der Waals surface area (Å²) >= 11 is 0. The molecule has 0 bridgehead atoms. The summed E-state index contributed by atoms with van der Waals surface area (Å²) in [6, 6.07) is 4.24. The Kier molecular flexibility index (Phi) is 3.51. The van der Waals surface area contributed by atoms with Crippen LogP contribution in [0, 0.1) is 0 Å². The van der Waals surface area contributed by atoms with Gasteiger partial charge in [0, 0.05) is 6.20 Å². The number of pyridine rings is 1. The van der Waals surface area contributed by atoms with Crippen molar-refractivity contribution in [3.63, 3.8) is 0 Å². The molecule has 0 spiro atoms. The molecule has 1 aliphatic rings. The maximum atomic E-state index is 11.2. The van der Waals surface area contributed by atoms with Gasteiger partial charge in [-0.2, -0.15) is 0 Å². The minimum atomic E-state index is -0.202. The van der Waals surface area contributed by atoms with Crippen molar-refractivity contribution in [2.75, 3.05) is 13.2 Å². The van der Waals surface area contributed by atoms with Crippen LogP contribution in [0.1, 0.15) is 30.6 Å². The molecule has 4 nitrogen and oxygen atoms in total. The zero-order chi connectivity index (χ0) is 11.4. The second-order valence-corrected chi connectivity index (χ2v) is 3.82. The highest BCUT2D eigenvalue weighted by molar-refractivity contribution is 5.71. The molecule has 0 amide bonds. The van der Waals surface area contributed by atoms with Gasteiger partial charge in [-0.15, -0.1) is 0 Å². The van der Waals surface area contributed by atoms with Crippen LogP contribution in [0.15, 0.2) is 18.3 Å². The summed E-state index contributed by atoms with van der Waals surface area (Å²) in [5.41, 5.74) is 2.36. The third-order valence-electron chi connectivity index (χ3n) is 2.76. The van der Waals surface area contributed by atoms with E-state index >= 15 is 0 Å². The Morgan fingerprint density at radius 2 is 2.56 bits per heavy atom. The number of aryl methyl sites for hydroxylation is 1. The fourth-order valence-corrected chi connectivity index (χ4v) is 2.03. The van der Waals surface area contributed by atoms with E-state index in [9.17, 15) is 4.79 Å². The van der Waals surface area contributed by atoms with Crippen LogP contribution in [-0.4, -0.2) is 24.1 Å². The lowest BCUT2D eigenvalue weighted by Gasteiger charge is -2.12. The Morgan fingerprint density at radius 1 is 1.69 bits per heavy atom. The normalized spacial score (nSPS) is 18.2. The lowest BCUT2D eigenvalue weighted by molar-refractivity contribution is -0.142. The van der Waals surface area contributed by atoms with E-state index in [0.29, 0.717) is 6.61 Å². The van der Waals surface area contributed by atoms with Crippen LogP contribution in [-0.2, 0) is 16.0 Å². The maximum absolute atomic E-state index is 11.2. The molecule has 16 heavy (non-hydrogen) atoms. The van der Waals surface area contributed by atoms with Gasteiger partial charge in [0.15, 0.2) is 0 Å². The molecule has 0 fully saturated rings. The van der Waals surface area contributed by atoms with Crippen LogP contribution in [0.3, 0.4) is 0 Å². The fourth-order valence-electron chi connectivity index (χ4n) is 2.03. The first-order chi connectivity index (χ1) is 7.81.